The summed E-state index contributed by atoms with van der Waals surface area (Å²) in [6.45, 7) is 11.7. The lowest BCUT2D eigenvalue weighted by Gasteiger charge is -2.04. The third kappa shape index (κ3) is 44.7. The van der Waals surface area contributed by atoms with Gasteiger partial charge < -0.3 is 21.0 Å². The highest BCUT2D eigenvalue weighted by molar-refractivity contribution is 5.63. The van der Waals surface area contributed by atoms with E-state index in [-0.39, 0.29) is 6.42 Å². The monoisotopic (exact) mass is 402 g/mol. The van der Waals surface area contributed by atoms with Gasteiger partial charge in [-0.2, -0.15) is 0 Å². The van der Waals surface area contributed by atoms with Crippen LogP contribution < -0.4 is 16.2 Å². The van der Waals surface area contributed by atoms with Crippen LogP contribution in [0.5, 0.6) is 0 Å². The summed E-state index contributed by atoms with van der Waals surface area (Å²) in [6, 6.07) is 0. The zero-order chi connectivity index (χ0) is 21.7. The molecule has 0 aromatic carbocycles. The van der Waals surface area contributed by atoms with Gasteiger partial charge in [-0.15, -0.1) is 0 Å². The van der Waals surface area contributed by atoms with Crippen LogP contribution in [0.1, 0.15) is 130 Å². The number of carboxylic acids is 1. The van der Waals surface area contributed by atoms with E-state index in [0.717, 1.165) is 32.5 Å². The van der Waals surface area contributed by atoms with Crippen molar-refractivity contribution < 1.29 is 15.6 Å². The number of rotatable bonds is 18. The number of carbonyl (C=O) groups is 1. The second-order valence-electron chi connectivity index (χ2n) is 7.53. The zero-order valence-corrected chi connectivity index (χ0v) is 20.0. The number of hydrogen-bond acceptors (Lipinski definition) is 3. The maximum atomic E-state index is 10.2. The van der Waals surface area contributed by atoms with E-state index in [1.54, 1.807) is 0 Å². The van der Waals surface area contributed by atoms with Crippen LogP contribution in [0.25, 0.3) is 0 Å². The molecule has 4 heteroatoms. The molecule has 172 valence electrons. The van der Waals surface area contributed by atoms with Gasteiger partial charge >= 0.3 is 0 Å². The summed E-state index contributed by atoms with van der Waals surface area (Å²) in [7, 11) is 0. The van der Waals surface area contributed by atoms with Crippen LogP contribution in [-0.4, -0.2) is 25.6 Å². The molecule has 0 fully saturated rings. The van der Waals surface area contributed by atoms with Gasteiger partial charge in [-0.1, -0.05) is 111 Å². The molecule has 0 atom stereocenters. The van der Waals surface area contributed by atoms with Gasteiger partial charge in [0.2, 0.25) is 0 Å². The molecule has 28 heavy (non-hydrogen) atoms. The van der Waals surface area contributed by atoms with Gasteiger partial charge in [0.25, 0.3) is 0 Å². The predicted octanol–water partition coefficient (Wildman–Crippen LogP) is 4.86. The molecule has 0 aromatic heterocycles. The molecule has 4 nitrogen and oxygen atoms in total. The number of quaternary nitrogens is 1. The van der Waals surface area contributed by atoms with Gasteiger partial charge in [0.1, 0.15) is 0 Å². The van der Waals surface area contributed by atoms with Crippen LogP contribution in [0.3, 0.4) is 0 Å². The topological polar surface area (TPSA) is 79.8 Å². The zero-order valence-electron chi connectivity index (χ0n) is 20.0. The third-order valence-electron chi connectivity index (χ3n) is 4.48. The lowest BCUT2D eigenvalue weighted by atomic mass is 10.0. The van der Waals surface area contributed by atoms with E-state index in [0.29, 0.717) is 0 Å². The molecule has 0 saturated carbocycles. The Hall–Kier alpha value is -0.610. The van der Waals surface area contributed by atoms with Crippen molar-refractivity contribution in [3.8, 4) is 0 Å². The van der Waals surface area contributed by atoms with Crippen molar-refractivity contribution in [3.05, 3.63) is 0 Å². The highest BCUT2D eigenvalue weighted by atomic mass is 16.4. The molecule has 0 aliphatic heterocycles. The summed E-state index contributed by atoms with van der Waals surface area (Å²) in [5.74, 6) is -0.903. The van der Waals surface area contributed by atoms with E-state index in [1.165, 1.54) is 83.5 Å². The van der Waals surface area contributed by atoms with Gasteiger partial charge in [0.05, 0.1) is 6.54 Å². The largest absolute Gasteiger partial charge is 0.550 e. The average molecular weight is 403 g/mol. The second kappa shape index (κ2) is 33.9. The highest BCUT2D eigenvalue weighted by Gasteiger charge is 1.94. The Bertz CT molecular complexity index is 259. The smallest absolute Gasteiger partial charge is 0.0711 e. The maximum absolute atomic E-state index is 10.2. The molecule has 0 unspecified atom stereocenters. The molecule has 0 spiro atoms. The van der Waals surface area contributed by atoms with E-state index in [4.69, 9.17) is 0 Å². The first-order valence-electron chi connectivity index (χ1n) is 12.3. The molecule has 0 amide bonds. The molecule has 0 aliphatic rings. The van der Waals surface area contributed by atoms with Crippen molar-refractivity contribution in [1.29, 1.82) is 0 Å². The van der Waals surface area contributed by atoms with Crippen molar-refractivity contribution in [2.24, 2.45) is 0 Å². The van der Waals surface area contributed by atoms with Crippen LogP contribution in [0.2, 0.25) is 0 Å². The molecule has 0 rings (SSSR count). The molecule has 0 heterocycles. The van der Waals surface area contributed by atoms with Gasteiger partial charge in [0.15, 0.2) is 0 Å². The lowest BCUT2D eigenvalue weighted by Crippen LogP contribution is -2.48. The molecule has 0 aliphatic carbocycles. The van der Waals surface area contributed by atoms with E-state index >= 15 is 0 Å². The number of carboxylic acid groups (broad SMARTS) is 1. The van der Waals surface area contributed by atoms with Gasteiger partial charge in [-0.25, -0.2) is 0 Å². The summed E-state index contributed by atoms with van der Waals surface area (Å²) in [5, 5.41) is 13.3. The average Bonchev–Trinajstić information content (AvgIpc) is 2.66. The van der Waals surface area contributed by atoms with Crippen molar-refractivity contribution in [2.45, 2.75) is 130 Å². The summed E-state index contributed by atoms with van der Waals surface area (Å²) in [5.41, 5.74) is 3.49. The second-order valence-corrected chi connectivity index (χ2v) is 7.53. The molecule has 4 N–H and O–H groups in total. The lowest BCUT2D eigenvalue weighted by molar-refractivity contribution is -0.361. The normalized spacial score (nSPS) is 9.89. The van der Waals surface area contributed by atoms with Crippen molar-refractivity contribution in [2.75, 3.05) is 19.6 Å². The van der Waals surface area contributed by atoms with E-state index in [9.17, 15) is 9.90 Å². The van der Waals surface area contributed by atoms with Crippen molar-refractivity contribution in [3.63, 3.8) is 0 Å². The quantitative estimate of drug-likeness (QED) is 0.321. The van der Waals surface area contributed by atoms with E-state index in [1.807, 2.05) is 6.92 Å². The van der Waals surface area contributed by atoms with Crippen molar-refractivity contribution in [1.82, 2.24) is 5.32 Å². The van der Waals surface area contributed by atoms with Crippen LogP contribution in [-0.2, 0) is 4.79 Å². The summed E-state index contributed by atoms with van der Waals surface area (Å²) in [4.78, 5) is 10.2. The Morgan fingerprint density at radius 1 is 0.643 bits per heavy atom. The van der Waals surface area contributed by atoms with E-state index < -0.39 is 5.97 Å². The minimum Gasteiger partial charge on any atom is -0.550 e. The van der Waals surface area contributed by atoms with Gasteiger partial charge in [-0.3, -0.25) is 0 Å². The summed E-state index contributed by atoms with van der Waals surface area (Å²) in [6.07, 6.45) is 19.9. The van der Waals surface area contributed by atoms with E-state index in [2.05, 4.69) is 31.8 Å². The molecule has 0 aromatic rings. The third-order valence-corrected chi connectivity index (χ3v) is 4.48. The Labute approximate surface area is 177 Å². The fourth-order valence-corrected chi connectivity index (χ4v) is 2.89. The first-order chi connectivity index (χ1) is 13.6. The summed E-state index contributed by atoms with van der Waals surface area (Å²) < 4.78 is 0. The molecular formula is C24H54N2O2. The summed E-state index contributed by atoms with van der Waals surface area (Å²) >= 11 is 0. The van der Waals surface area contributed by atoms with Crippen LogP contribution >= 0.6 is 0 Å². The minimum atomic E-state index is -0.903. The van der Waals surface area contributed by atoms with Gasteiger partial charge in [0, 0.05) is 5.97 Å². The van der Waals surface area contributed by atoms with Crippen LogP contribution in [0.15, 0.2) is 0 Å². The molecule has 0 bridgehead atoms. The Kier molecular flexibility index (Phi) is 38.9. The van der Waals surface area contributed by atoms with Gasteiger partial charge in [-0.05, 0) is 32.9 Å². The number of hydrogen-bond donors (Lipinski definition) is 2. The SMILES string of the molecule is CCCCCCCCCCCCCCCCCC(=O)[O-].CCNCC.CC[NH3+]. The Balaban J connectivity index is -0.000000657. The Morgan fingerprint density at radius 3 is 1.14 bits per heavy atom. The maximum Gasteiger partial charge on any atom is 0.0711 e. The highest BCUT2D eigenvalue weighted by Crippen LogP contribution is 2.13. The fraction of sp³-hybridized carbons (Fsp3) is 0.958. The number of carbonyl (C=O) groups excluding carboxylic acids is 1. The number of unbranched alkanes of at least 4 members (excludes halogenated alkanes) is 14. The molecular weight excluding hydrogens is 348 g/mol. The van der Waals surface area contributed by atoms with Crippen LogP contribution in [0.4, 0.5) is 0 Å². The van der Waals surface area contributed by atoms with Crippen molar-refractivity contribution >= 4 is 5.97 Å². The molecule has 0 saturated heterocycles. The predicted molar refractivity (Wildman–Crippen MR) is 122 cm³/mol. The standard InChI is InChI=1S/C18H36O2.C4H11N.C2H7N/c1-2-3-4-5-6-7-8-9-10-11-12-13-14-15-16-17-18(19)20;1-3-5-4-2;1-2-3/h2-17H2,1H3,(H,19,20);5H,3-4H2,1-2H3;2-3H2,1H3. The fourth-order valence-electron chi connectivity index (χ4n) is 2.89. The first-order valence-corrected chi connectivity index (χ1v) is 12.3. The minimum absolute atomic E-state index is 0.234. The molecule has 0 radical (unpaired) electrons. The number of aliphatic carboxylic acids is 1. The number of nitrogens with one attached hydrogen (secondary N) is 1. The van der Waals surface area contributed by atoms with Crippen LogP contribution in [0, 0.1) is 0 Å². The Morgan fingerprint density at radius 2 is 0.929 bits per heavy atom. The first kappa shape index (κ1) is 32.1.